The maximum atomic E-state index is 6.39. The summed E-state index contributed by atoms with van der Waals surface area (Å²) in [5, 5.41) is 8.39. The molecule has 0 saturated carbocycles. The Kier molecular flexibility index (Phi) is 4.71. The first kappa shape index (κ1) is 16.4. The van der Waals surface area contributed by atoms with Gasteiger partial charge in [-0.25, -0.2) is 0 Å². The second-order valence-electron chi connectivity index (χ2n) is 6.98. The number of piperazine rings is 1. The summed E-state index contributed by atoms with van der Waals surface area (Å²) in [6, 6.07) is 8.23. The molecule has 1 aromatic heterocycles. The van der Waals surface area contributed by atoms with E-state index in [0.717, 1.165) is 36.0 Å². The molecule has 0 spiro atoms. The van der Waals surface area contributed by atoms with Gasteiger partial charge >= 0.3 is 0 Å². The molecule has 1 saturated heterocycles. The summed E-state index contributed by atoms with van der Waals surface area (Å²) in [4.78, 5) is 6.91. The molecule has 0 aliphatic carbocycles. The summed E-state index contributed by atoms with van der Waals surface area (Å²) in [6.45, 7) is 9.62. The van der Waals surface area contributed by atoms with Gasteiger partial charge in [0.1, 0.15) is 0 Å². The Balaban J connectivity index is 1.80. The Morgan fingerprint density at radius 1 is 1.35 bits per heavy atom. The predicted molar refractivity (Wildman–Crippen MR) is 90.5 cm³/mol. The van der Waals surface area contributed by atoms with Crippen LogP contribution in [0.15, 0.2) is 28.8 Å². The fourth-order valence-electron chi connectivity index (χ4n) is 2.79. The highest BCUT2D eigenvalue weighted by Gasteiger charge is 2.28. The zero-order chi connectivity index (χ0) is 16.4. The summed E-state index contributed by atoms with van der Waals surface area (Å²) >= 11 is 6.39. The van der Waals surface area contributed by atoms with Crippen LogP contribution in [0.5, 0.6) is 0 Å². The highest BCUT2D eigenvalue weighted by molar-refractivity contribution is 6.31. The van der Waals surface area contributed by atoms with E-state index in [4.69, 9.17) is 16.1 Å². The molecule has 1 aliphatic rings. The molecule has 1 atom stereocenters. The monoisotopic (exact) mass is 334 g/mol. The second-order valence-corrected chi connectivity index (χ2v) is 7.38. The van der Waals surface area contributed by atoms with E-state index in [-0.39, 0.29) is 11.5 Å². The van der Waals surface area contributed by atoms with Crippen molar-refractivity contribution < 1.29 is 4.52 Å². The third-order valence-corrected chi connectivity index (χ3v) is 4.42. The SMILES string of the molecule is CC(C)(C)c1nc(CN2CCNCC2c2ccccc2Cl)no1. The molecule has 1 aromatic carbocycles. The molecule has 0 amide bonds. The normalized spacial score (nSPS) is 19.9. The van der Waals surface area contributed by atoms with Gasteiger partial charge in [-0.05, 0) is 11.6 Å². The van der Waals surface area contributed by atoms with E-state index in [0.29, 0.717) is 12.4 Å². The van der Waals surface area contributed by atoms with Crippen molar-refractivity contribution >= 4 is 11.6 Å². The fourth-order valence-corrected chi connectivity index (χ4v) is 3.05. The molecule has 0 radical (unpaired) electrons. The van der Waals surface area contributed by atoms with Crippen molar-refractivity contribution in [1.29, 1.82) is 0 Å². The molecule has 1 unspecified atom stereocenters. The van der Waals surface area contributed by atoms with Crippen molar-refractivity contribution in [2.45, 2.75) is 38.8 Å². The number of nitrogens with one attached hydrogen (secondary N) is 1. The predicted octanol–water partition coefficient (Wildman–Crippen LogP) is 3.17. The highest BCUT2D eigenvalue weighted by atomic mass is 35.5. The van der Waals surface area contributed by atoms with Gasteiger partial charge in [0.05, 0.1) is 6.54 Å². The van der Waals surface area contributed by atoms with E-state index in [1.165, 1.54) is 0 Å². The van der Waals surface area contributed by atoms with Gasteiger partial charge in [0.25, 0.3) is 0 Å². The maximum Gasteiger partial charge on any atom is 0.232 e. The Morgan fingerprint density at radius 2 is 2.13 bits per heavy atom. The van der Waals surface area contributed by atoms with Crippen LogP contribution >= 0.6 is 11.6 Å². The van der Waals surface area contributed by atoms with Crippen molar-refractivity contribution in [2.75, 3.05) is 19.6 Å². The second kappa shape index (κ2) is 6.59. The molecule has 1 fully saturated rings. The summed E-state index contributed by atoms with van der Waals surface area (Å²) < 4.78 is 5.41. The Labute approximate surface area is 142 Å². The standard InChI is InChI=1S/C17H23ClN4O/c1-17(2,3)16-20-15(21-23-16)11-22-9-8-19-10-14(22)12-6-4-5-7-13(12)18/h4-7,14,19H,8-11H2,1-3H3. The fraction of sp³-hybridized carbons (Fsp3) is 0.529. The molecule has 1 aliphatic heterocycles. The highest BCUT2D eigenvalue weighted by Crippen LogP contribution is 2.29. The molecule has 2 heterocycles. The van der Waals surface area contributed by atoms with Gasteiger partial charge in [-0.15, -0.1) is 0 Å². The lowest BCUT2D eigenvalue weighted by Gasteiger charge is -2.36. The van der Waals surface area contributed by atoms with Crippen molar-refractivity contribution in [1.82, 2.24) is 20.4 Å². The third kappa shape index (κ3) is 3.74. The van der Waals surface area contributed by atoms with Crippen molar-refractivity contribution in [3.8, 4) is 0 Å². The summed E-state index contributed by atoms with van der Waals surface area (Å²) in [5.41, 5.74) is 1.01. The van der Waals surface area contributed by atoms with E-state index < -0.39 is 0 Å². The van der Waals surface area contributed by atoms with Gasteiger partial charge in [-0.3, -0.25) is 4.90 Å². The lowest BCUT2D eigenvalue weighted by Crippen LogP contribution is -2.45. The molecule has 124 valence electrons. The molecular weight excluding hydrogens is 312 g/mol. The molecule has 23 heavy (non-hydrogen) atoms. The number of benzene rings is 1. The van der Waals surface area contributed by atoms with Crippen molar-refractivity contribution in [3.05, 3.63) is 46.6 Å². The molecule has 1 N–H and O–H groups in total. The zero-order valence-electron chi connectivity index (χ0n) is 13.8. The Hall–Kier alpha value is -1.43. The first-order valence-electron chi connectivity index (χ1n) is 7.97. The van der Waals surface area contributed by atoms with Gasteiger partial charge < -0.3 is 9.84 Å². The molecule has 6 heteroatoms. The Bertz CT molecular complexity index is 665. The molecule has 5 nitrogen and oxygen atoms in total. The van der Waals surface area contributed by atoms with Crippen LogP contribution in [-0.2, 0) is 12.0 Å². The van der Waals surface area contributed by atoms with E-state index in [1.54, 1.807) is 0 Å². The number of halogens is 1. The van der Waals surface area contributed by atoms with Gasteiger partial charge in [-0.2, -0.15) is 4.98 Å². The first-order valence-corrected chi connectivity index (χ1v) is 8.35. The van der Waals surface area contributed by atoms with Crippen LogP contribution in [0.2, 0.25) is 5.02 Å². The minimum atomic E-state index is -0.128. The topological polar surface area (TPSA) is 54.2 Å². The van der Waals surface area contributed by atoms with Crippen LogP contribution in [-0.4, -0.2) is 34.7 Å². The van der Waals surface area contributed by atoms with Crippen molar-refractivity contribution in [2.24, 2.45) is 0 Å². The number of hydrogen-bond acceptors (Lipinski definition) is 5. The van der Waals surface area contributed by atoms with Crippen LogP contribution < -0.4 is 5.32 Å². The molecule has 2 aromatic rings. The maximum absolute atomic E-state index is 6.39. The van der Waals surface area contributed by atoms with Crippen LogP contribution in [0, 0.1) is 0 Å². The van der Waals surface area contributed by atoms with E-state index in [9.17, 15) is 0 Å². The zero-order valence-corrected chi connectivity index (χ0v) is 14.6. The average Bonchev–Trinajstić information content (AvgIpc) is 2.97. The smallest absolute Gasteiger partial charge is 0.232 e. The molecule has 0 bridgehead atoms. The average molecular weight is 335 g/mol. The van der Waals surface area contributed by atoms with E-state index in [2.05, 4.69) is 47.2 Å². The lowest BCUT2D eigenvalue weighted by molar-refractivity contribution is 0.148. The first-order chi connectivity index (χ1) is 10.9. The molecule has 3 rings (SSSR count). The summed E-state index contributed by atoms with van der Waals surface area (Å²) in [6.07, 6.45) is 0. The van der Waals surface area contributed by atoms with Crippen LogP contribution in [0.3, 0.4) is 0 Å². The van der Waals surface area contributed by atoms with Gasteiger partial charge in [0.2, 0.25) is 5.89 Å². The Morgan fingerprint density at radius 3 is 2.83 bits per heavy atom. The van der Waals surface area contributed by atoms with Gasteiger partial charge in [-0.1, -0.05) is 55.7 Å². The quantitative estimate of drug-likeness (QED) is 0.934. The third-order valence-electron chi connectivity index (χ3n) is 4.07. The largest absolute Gasteiger partial charge is 0.339 e. The van der Waals surface area contributed by atoms with E-state index >= 15 is 0 Å². The van der Waals surface area contributed by atoms with E-state index in [1.807, 2.05) is 18.2 Å². The lowest BCUT2D eigenvalue weighted by atomic mass is 9.97. The van der Waals surface area contributed by atoms with Crippen LogP contribution in [0.1, 0.15) is 44.1 Å². The van der Waals surface area contributed by atoms with Crippen LogP contribution in [0.4, 0.5) is 0 Å². The number of aromatic nitrogens is 2. The van der Waals surface area contributed by atoms with Crippen LogP contribution in [0.25, 0.3) is 0 Å². The number of nitrogens with zero attached hydrogens (tertiary/aromatic N) is 3. The van der Waals surface area contributed by atoms with Crippen molar-refractivity contribution in [3.63, 3.8) is 0 Å². The van der Waals surface area contributed by atoms with Gasteiger partial charge in [0.15, 0.2) is 5.82 Å². The minimum absolute atomic E-state index is 0.128. The van der Waals surface area contributed by atoms with Gasteiger partial charge in [0, 0.05) is 36.1 Å². The molecular formula is C17H23ClN4O. The summed E-state index contributed by atoms with van der Waals surface area (Å²) in [5.74, 6) is 1.41. The number of hydrogen-bond donors (Lipinski definition) is 1. The summed E-state index contributed by atoms with van der Waals surface area (Å²) in [7, 11) is 0. The minimum Gasteiger partial charge on any atom is -0.339 e. The number of rotatable bonds is 3.